The summed E-state index contributed by atoms with van der Waals surface area (Å²) in [5, 5.41) is 2.89. The van der Waals surface area contributed by atoms with Crippen molar-refractivity contribution >= 4 is 57.1 Å². The molecule has 0 unspecified atom stereocenters. The maximum absolute atomic E-state index is 13.3. The normalized spacial score (nSPS) is 15.4. The third-order valence-corrected chi connectivity index (χ3v) is 6.81. The van der Waals surface area contributed by atoms with E-state index in [4.69, 9.17) is 11.6 Å². The monoisotopic (exact) mass is 525 g/mol. The van der Waals surface area contributed by atoms with E-state index in [-0.39, 0.29) is 5.57 Å². The molecule has 33 heavy (non-hydrogen) atoms. The van der Waals surface area contributed by atoms with Crippen LogP contribution in [0.2, 0.25) is 5.02 Å². The number of nitrogens with zero attached hydrogens (tertiary/aromatic N) is 2. The van der Waals surface area contributed by atoms with Crippen LogP contribution in [0, 0.1) is 27.7 Å². The Bertz CT molecular complexity index is 1370. The lowest BCUT2D eigenvalue weighted by atomic mass is 10.1. The summed E-state index contributed by atoms with van der Waals surface area (Å²) in [5.41, 5.74) is 5.55. The van der Waals surface area contributed by atoms with E-state index in [2.05, 4.69) is 21.2 Å². The molecule has 1 N–H and O–H groups in total. The van der Waals surface area contributed by atoms with Crippen LogP contribution in [0.1, 0.15) is 28.1 Å². The molecule has 3 aromatic rings. The molecule has 0 saturated carbocycles. The third kappa shape index (κ3) is 4.14. The van der Waals surface area contributed by atoms with Gasteiger partial charge in [0.05, 0.1) is 5.69 Å². The quantitative estimate of drug-likeness (QED) is 0.347. The van der Waals surface area contributed by atoms with Crippen LogP contribution in [0.25, 0.3) is 11.8 Å². The van der Waals surface area contributed by atoms with Gasteiger partial charge in [-0.25, -0.2) is 9.69 Å². The van der Waals surface area contributed by atoms with Crippen molar-refractivity contribution in [2.24, 2.45) is 0 Å². The maximum atomic E-state index is 13.3. The SMILES string of the molecule is Cc1cc(N2C(=O)NC(=O)/C(=C\c3cc(C)n(-c4cc(Cl)ccc4C)c3C)C2=O)ccc1Br. The van der Waals surface area contributed by atoms with E-state index in [9.17, 15) is 14.4 Å². The van der Waals surface area contributed by atoms with Gasteiger partial charge in [0.25, 0.3) is 11.8 Å². The van der Waals surface area contributed by atoms with Crippen LogP contribution in [-0.4, -0.2) is 22.4 Å². The van der Waals surface area contributed by atoms with Gasteiger partial charge in [0.1, 0.15) is 5.57 Å². The molecule has 4 rings (SSSR count). The van der Waals surface area contributed by atoms with Crippen molar-refractivity contribution in [3.8, 4) is 5.69 Å². The van der Waals surface area contributed by atoms with E-state index >= 15 is 0 Å². The zero-order valence-electron chi connectivity index (χ0n) is 18.5. The Balaban J connectivity index is 1.79. The number of aryl methyl sites for hydroxylation is 3. The van der Waals surface area contributed by atoms with Gasteiger partial charge in [-0.05, 0) is 86.9 Å². The Morgan fingerprint density at radius 3 is 2.36 bits per heavy atom. The van der Waals surface area contributed by atoms with Crippen LogP contribution in [0.5, 0.6) is 0 Å². The number of carbonyl (C=O) groups excluding carboxylic acids is 3. The highest BCUT2D eigenvalue weighted by Gasteiger charge is 2.37. The molecule has 1 aliphatic heterocycles. The first kappa shape index (κ1) is 23.0. The summed E-state index contributed by atoms with van der Waals surface area (Å²) in [6, 6.07) is 11.9. The van der Waals surface area contributed by atoms with Crippen molar-refractivity contribution < 1.29 is 14.4 Å². The molecule has 8 heteroatoms. The van der Waals surface area contributed by atoms with Crippen LogP contribution in [0.4, 0.5) is 10.5 Å². The molecule has 0 bridgehead atoms. The van der Waals surface area contributed by atoms with Crippen molar-refractivity contribution in [2.75, 3.05) is 4.90 Å². The minimum absolute atomic E-state index is 0.113. The number of rotatable bonds is 3. The van der Waals surface area contributed by atoms with Crippen LogP contribution in [0.3, 0.4) is 0 Å². The van der Waals surface area contributed by atoms with Gasteiger partial charge in [0.15, 0.2) is 0 Å². The minimum atomic E-state index is -0.774. The number of halogens is 2. The topological polar surface area (TPSA) is 71.4 Å². The number of hydrogen-bond acceptors (Lipinski definition) is 3. The summed E-state index contributed by atoms with van der Waals surface area (Å²) in [6.45, 7) is 7.70. The fraction of sp³-hybridized carbons (Fsp3) is 0.160. The maximum Gasteiger partial charge on any atom is 0.335 e. The first-order chi connectivity index (χ1) is 15.6. The number of barbiturate groups is 1. The zero-order valence-corrected chi connectivity index (χ0v) is 20.8. The number of amides is 4. The molecule has 1 aliphatic rings. The molecule has 0 radical (unpaired) electrons. The van der Waals surface area contributed by atoms with E-state index in [1.807, 2.05) is 56.5 Å². The molecule has 0 spiro atoms. The van der Waals surface area contributed by atoms with E-state index in [0.717, 1.165) is 37.6 Å². The van der Waals surface area contributed by atoms with Crippen molar-refractivity contribution in [2.45, 2.75) is 27.7 Å². The lowest BCUT2D eigenvalue weighted by Gasteiger charge is -2.26. The second kappa shape index (κ2) is 8.65. The second-order valence-corrected chi connectivity index (χ2v) is 9.27. The molecule has 1 aromatic heterocycles. The fourth-order valence-electron chi connectivity index (χ4n) is 3.94. The van der Waals surface area contributed by atoms with Gasteiger partial charge in [-0.3, -0.25) is 14.9 Å². The van der Waals surface area contributed by atoms with E-state index in [0.29, 0.717) is 16.3 Å². The average Bonchev–Trinajstić information content (AvgIpc) is 3.02. The van der Waals surface area contributed by atoms with Gasteiger partial charge in [0, 0.05) is 26.6 Å². The smallest absolute Gasteiger partial charge is 0.318 e. The average molecular weight is 527 g/mol. The zero-order chi connectivity index (χ0) is 24.0. The predicted molar refractivity (Wildman–Crippen MR) is 133 cm³/mol. The number of hydrogen-bond donors (Lipinski definition) is 1. The minimum Gasteiger partial charge on any atom is -0.318 e. The number of imide groups is 2. The van der Waals surface area contributed by atoms with E-state index in [1.165, 1.54) is 6.08 Å². The summed E-state index contributed by atoms with van der Waals surface area (Å²) in [4.78, 5) is 39.4. The summed E-state index contributed by atoms with van der Waals surface area (Å²) in [5.74, 6) is -1.40. The van der Waals surface area contributed by atoms with Crippen molar-refractivity contribution in [3.63, 3.8) is 0 Å². The highest BCUT2D eigenvalue weighted by atomic mass is 79.9. The van der Waals surface area contributed by atoms with Gasteiger partial charge < -0.3 is 4.57 Å². The fourth-order valence-corrected chi connectivity index (χ4v) is 4.36. The molecular formula is C25H21BrClN3O3. The first-order valence-corrected chi connectivity index (χ1v) is 11.4. The number of nitrogens with one attached hydrogen (secondary N) is 1. The summed E-state index contributed by atoms with van der Waals surface area (Å²) < 4.78 is 2.88. The Morgan fingerprint density at radius 2 is 1.67 bits per heavy atom. The molecule has 168 valence electrons. The summed E-state index contributed by atoms with van der Waals surface area (Å²) in [6.07, 6.45) is 1.53. The Labute approximate surface area is 205 Å². The number of carbonyl (C=O) groups is 3. The molecule has 0 aliphatic carbocycles. The van der Waals surface area contributed by atoms with Gasteiger partial charge in [-0.15, -0.1) is 0 Å². The van der Waals surface area contributed by atoms with Crippen molar-refractivity contribution in [3.05, 3.63) is 85.6 Å². The Hall–Kier alpha value is -3.16. The van der Waals surface area contributed by atoms with Gasteiger partial charge >= 0.3 is 6.03 Å². The largest absolute Gasteiger partial charge is 0.335 e. The van der Waals surface area contributed by atoms with E-state index in [1.54, 1.807) is 18.2 Å². The van der Waals surface area contributed by atoms with Crippen LogP contribution in [0.15, 0.2) is 52.5 Å². The number of aromatic nitrogens is 1. The lowest BCUT2D eigenvalue weighted by Crippen LogP contribution is -2.54. The van der Waals surface area contributed by atoms with Gasteiger partial charge in [0.2, 0.25) is 0 Å². The molecule has 6 nitrogen and oxygen atoms in total. The van der Waals surface area contributed by atoms with Gasteiger partial charge in [-0.1, -0.05) is 33.6 Å². The van der Waals surface area contributed by atoms with Crippen molar-refractivity contribution in [1.82, 2.24) is 9.88 Å². The van der Waals surface area contributed by atoms with Crippen LogP contribution < -0.4 is 10.2 Å². The molecule has 1 saturated heterocycles. The Kier molecular flexibility index (Phi) is 6.03. The molecule has 0 atom stereocenters. The standard InChI is InChI=1S/C25H21BrClN3O3/c1-13-5-6-18(27)12-22(13)29-15(3)10-17(16(29)4)11-20-23(31)28-25(33)30(24(20)32)19-7-8-21(26)14(2)9-19/h5-12H,1-4H3,(H,28,31,33)/b20-11+. The highest BCUT2D eigenvalue weighted by molar-refractivity contribution is 9.10. The highest BCUT2D eigenvalue weighted by Crippen LogP contribution is 2.29. The molecule has 1 fully saturated rings. The predicted octanol–water partition coefficient (Wildman–Crippen LogP) is 5.79. The Morgan fingerprint density at radius 1 is 0.939 bits per heavy atom. The molecular weight excluding hydrogens is 506 g/mol. The molecule has 2 aromatic carbocycles. The summed E-state index contributed by atoms with van der Waals surface area (Å²) >= 11 is 9.63. The van der Waals surface area contributed by atoms with Crippen LogP contribution in [-0.2, 0) is 9.59 Å². The van der Waals surface area contributed by atoms with Gasteiger partial charge in [-0.2, -0.15) is 0 Å². The third-order valence-electron chi connectivity index (χ3n) is 5.68. The number of urea groups is 1. The number of benzene rings is 2. The van der Waals surface area contributed by atoms with Crippen LogP contribution >= 0.6 is 27.5 Å². The number of anilines is 1. The molecule has 4 amide bonds. The molecule has 2 heterocycles. The van der Waals surface area contributed by atoms with Crippen molar-refractivity contribution in [1.29, 1.82) is 0 Å². The lowest BCUT2D eigenvalue weighted by molar-refractivity contribution is -0.122. The summed E-state index contributed by atoms with van der Waals surface area (Å²) in [7, 11) is 0. The second-order valence-electron chi connectivity index (χ2n) is 7.98. The first-order valence-electron chi connectivity index (χ1n) is 10.2. The van der Waals surface area contributed by atoms with E-state index < -0.39 is 17.8 Å².